The summed E-state index contributed by atoms with van der Waals surface area (Å²) < 4.78 is 66.2. The normalized spacial score (nSPS) is 18.9. The summed E-state index contributed by atoms with van der Waals surface area (Å²) in [5, 5.41) is 3.96. The molecule has 3 aromatic heterocycles. The zero-order chi connectivity index (χ0) is 23.9. The van der Waals surface area contributed by atoms with Crippen LogP contribution in [-0.2, 0) is 12.7 Å². The van der Waals surface area contributed by atoms with Crippen molar-refractivity contribution in [1.82, 2.24) is 24.7 Å². The summed E-state index contributed by atoms with van der Waals surface area (Å²) in [5.41, 5.74) is 0.481. The van der Waals surface area contributed by atoms with Crippen LogP contribution in [0.15, 0.2) is 30.7 Å². The highest BCUT2D eigenvalue weighted by atomic mass is 19.4. The maximum atomic E-state index is 13.1. The SMILES string of the molecule is FC(F)Cn1ncc2ncc(N3CCC4(CCCN(c5ccnc(C(F)(F)F)c5)C4)CC3)nc21. The third-order valence-electron chi connectivity index (χ3n) is 6.85. The molecule has 2 saturated heterocycles. The molecule has 12 heteroatoms. The Hall–Kier alpha value is -3.05. The molecule has 34 heavy (non-hydrogen) atoms. The van der Waals surface area contributed by atoms with E-state index in [1.54, 1.807) is 12.3 Å². The molecule has 1 spiro atoms. The summed E-state index contributed by atoms with van der Waals surface area (Å²) in [6.45, 7) is 2.28. The molecule has 0 atom stereocenters. The van der Waals surface area contributed by atoms with E-state index in [1.165, 1.54) is 17.1 Å². The number of hydrogen-bond acceptors (Lipinski definition) is 6. The lowest BCUT2D eigenvalue weighted by Crippen LogP contribution is -2.50. The van der Waals surface area contributed by atoms with E-state index in [9.17, 15) is 22.0 Å². The predicted octanol–water partition coefficient (Wildman–Crippen LogP) is 4.39. The van der Waals surface area contributed by atoms with Gasteiger partial charge in [0.2, 0.25) is 0 Å². The Morgan fingerprint density at radius 3 is 2.53 bits per heavy atom. The first-order valence-corrected chi connectivity index (χ1v) is 11.2. The number of halogens is 5. The molecule has 0 aliphatic carbocycles. The first-order valence-electron chi connectivity index (χ1n) is 11.2. The average Bonchev–Trinajstić information content (AvgIpc) is 3.20. The molecule has 0 amide bonds. The monoisotopic (exact) mass is 481 g/mol. The second-order valence-corrected chi connectivity index (χ2v) is 9.06. The zero-order valence-corrected chi connectivity index (χ0v) is 18.3. The van der Waals surface area contributed by atoms with Crippen LogP contribution in [0, 0.1) is 5.41 Å². The van der Waals surface area contributed by atoms with Crippen LogP contribution in [0.1, 0.15) is 31.4 Å². The molecule has 5 heterocycles. The van der Waals surface area contributed by atoms with E-state index in [-0.39, 0.29) is 5.41 Å². The minimum Gasteiger partial charge on any atom is -0.371 e. The van der Waals surface area contributed by atoms with Gasteiger partial charge in [-0.15, -0.1) is 0 Å². The van der Waals surface area contributed by atoms with E-state index < -0.39 is 24.8 Å². The molecule has 3 aromatic rings. The molecular weight excluding hydrogens is 457 g/mol. The Morgan fingerprint density at radius 1 is 1.00 bits per heavy atom. The van der Waals surface area contributed by atoms with Gasteiger partial charge in [-0.3, -0.25) is 4.98 Å². The maximum absolute atomic E-state index is 13.1. The maximum Gasteiger partial charge on any atom is 0.433 e. The van der Waals surface area contributed by atoms with Crippen molar-refractivity contribution in [1.29, 1.82) is 0 Å². The molecule has 182 valence electrons. The van der Waals surface area contributed by atoms with E-state index >= 15 is 0 Å². The van der Waals surface area contributed by atoms with Crippen LogP contribution in [0.4, 0.5) is 33.5 Å². The number of anilines is 2. The van der Waals surface area contributed by atoms with Gasteiger partial charge < -0.3 is 9.80 Å². The Kier molecular flexibility index (Phi) is 5.76. The predicted molar refractivity (Wildman–Crippen MR) is 116 cm³/mol. The molecular formula is C22H24F5N7. The second-order valence-electron chi connectivity index (χ2n) is 9.06. The van der Waals surface area contributed by atoms with Gasteiger partial charge in [0, 0.05) is 38.1 Å². The summed E-state index contributed by atoms with van der Waals surface area (Å²) in [5.74, 6) is 0.620. The quantitative estimate of drug-likeness (QED) is 0.515. The molecule has 0 radical (unpaired) electrons. The highest BCUT2D eigenvalue weighted by molar-refractivity contribution is 5.71. The first-order chi connectivity index (χ1) is 16.2. The number of aromatic nitrogens is 5. The van der Waals surface area contributed by atoms with Crippen molar-refractivity contribution in [2.75, 3.05) is 36.0 Å². The van der Waals surface area contributed by atoms with Crippen molar-refractivity contribution in [3.63, 3.8) is 0 Å². The van der Waals surface area contributed by atoms with Crippen LogP contribution in [-0.4, -0.2) is 57.3 Å². The van der Waals surface area contributed by atoms with E-state index in [2.05, 4.69) is 25.0 Å². The summed E-state index contributed by atoms with van der Waals surface area (Å²) in [4.78, 5) is 16.5. The fourth-order valence-corrected chi connectivity index (χ4v) is 5.07. The molecule has 2 fully saturated rings. The molecule has 0 aromatic carbocycles. The third kappa shape index (κ3) is 4.49. The molecule has 2 aliphatic rings. The smallest absolute Gasteiger partial charge is 0.371 e. The topological polar surface area (TPSA) is 63.0 Å². The van der Waals surface area contributed by atoms with Gasteiger partial charge in [-0.25, -0.2) is 23.4 Å². The third-order valence-corrected chi connectivity index (χ3v) is 6.85. The largest absolute Gasteiger partial charge is 0.433 e. The molecule has 0 N–H and O–H groups in total. The van der Waals surface area contributed by atoms with E-state index in [0.717, 1.165) is 31.7 Å². The lowest BCUT2D eigenvalue weighted by molar-refractivity contribution is -0.141. The fraction of sp³-hybridized carbons (Fsp3) is 0.545. The lowest BCUT2D eigenvalue weighted by Gasteiger charge is -2.48. The van der Waals surface area contributed by atoms with Crippen LogP contribution in [0.3, 0.4) is 0 Å². The Morgan fingerprint density at radius 2 is 1.79 bits per heavy atom. The molecule has 0 bridgehead atoms. The highest BCUT2D eigenvalue weighted by Gasteiger charge is 2.39. The van der Waals surface area contributed by atoms with Crippen LogP contribution in [0.2, 0.25) is 0 Å². The Bertz CT molecular complexity index is 1150. The average molecular weight is 481 g/mol. The zero-order valence-electron chi connectivity index (χ0n) is 18.3. The Labute approximate surface area is 192 Å². The number of piperidine rings is 2. The van der Waals surface area contributed by atoms with Gasteiger partial charge in [0.15, 0.2) is 5.65 Å². The first kappa shape index (κ1) is 22.7. The second kappa shape index (κ2) is 8.62. The van der Waals surface area contributed by atoms with Crippen molar-refractivity contribution >= 4 is 22.7 Å². The fourth-order valence-electron chi connectivity index (χ4n) is 5.07. The van der Waals surface area contributed by atoms with Crippen molar-refractivity contribution < 1.29 is 22.0 Å². The summed E-state index contributed by atoms with van der Waals surface area (Å²) in [6.07, 6.45) is 0.912. The van der Waals surface area contributed by atoms with Gasteiger partial charge in [-0.05, 0) is 43.2 Å². The molecule has 5 rings (SSSR count). The van der Waals surface area contributed by atoms with Crippen molar-refractivity contribution in [3.05, 3.63) is 36.4 Å². The van der Waals surface area contributed by atoms with Crippen molar-refractivity contribution in [2.45, 2.75) is 44.8 Å². The van der Waals surface area contributed by atoms with Crippen LogP contribution >= 0.6 is 0 Å². The standard InChI is InChI=1S/C22H24F5N7/c23-18(24)13-34-20-16(11-30-34)29-12-19(31-20)32-8-4-21(5-9-32)3-1-7-33(14-21)15-2-6-28-17(10-15)22(25,26)27/h2,6,10-12,18H,1,3-5,7-9,13-14H2. The molecule has 7 nitrogen and oxygen atoms in total. The van der Waals surface area contributed by atoms with Gasteiger partial charge in [0.05, 0.1) is 12.4 Å². The number of nitrogens with zero attached hydrogens (tertiary/aromatic N) is 7. The summed E-state index contributed by atoms with van der Waals surface area (Å²) in [6, 6.07) is 2.76. The van der Waals surface area contributed by atoms with Gasteiger partial charge in [-0.1, -0.05) is 0 Å². The number of fused-ring (bicyclic) bond motifs is 1. The minimum atomic E-state index is -4.47. The lowest BCUT2D eigenvalue weighted by atomic mass is 9.72. The number of rotatable bonds is 4. The number of hydrogen-bond donors (Lipinski definition) is 0. The number of pyridine rings is 1. The van der Waals surface area contributed by atoms with Crippen LogP contribution in [0.25, 0.3) is 11.2 Å². The van der Waals surface area contributed by atoms with Crippen LogP contribution in [0.5, 0.6) is 0 Å². The van der Waals surface area contributed by atoms with Gasteiger partial charge >= 0.3 is 6.18 Å². The van der Waals surface area contributed by atoms with E-state index in [0.29, 0.717) is 48.8 Å². The highest BCUT2D eigenvalue weighted by Crippen LogP contribution is 2.42. The summed E-state index contributed by atoms with van der Waals surface area (Å²) >= 11 is 0. The molecule has 0 saturated carbocycles. The van der Waals surface area contributed by atoms with Gasteiger partial charge in [0.1, 0.15) is 23.6 Å². The van der Waals surface area contributed by atoms with Crippen molar-refractivity contribution in [2.24, 2.45) is 5.41 Å². The molecule has 0 unspecified atom stereocenters. The van der Waals surface area contributed by atoms with E-state index in [4.69, 9.17) is 0 Å². The Balaban J connectivity index is 1.29. The number of alkyl halides is 5. The molecule has 2 aliphatic heterocycles. The van der Waals surface area contributed by atoms with Gasteiger partial charge in [-0.2, -0.15) is 18.3 Å². The van der Waals surface area contributed by atoms with Crippen molar-refractivity contribution in [3.8, 4) is 0 Å². The minimum absolute atomic E-state index is 0.00535. The van der Waals surface area contributed by atoms with Gasteiger partial charge in [0.25, 0.3) is 6.43 Å². The summed E-state index contributed by atoms with van der Waals surface area (Å²) in [7, 11) is 0. The van der Waals surface area contributed by atoms with Crippen LogP contribution < -0.4 is 9.80 Å². The van der Waals surface area contributed by atoms with E-state index in [1.807, 2.05) is 4.90 Å².